The van der Waals surface area contributed by atoms with E-state index >= 15 is 0 Å². The molecule has 1 aromatic rings. The van der Waals surface area contributed by atoms with Gasteiger partial charge in [0.05, 0.1) is 5.56 Å². The van der Waals surface area contributed by atoms with E-state index in [0.717, 1.165) is 35.4 Å². The number of imide groups is 1. The zero-order chi connectivity index (χ0) is 22.4. The third-order valence-electron chi connectivity index (χ3n) is 6.40. The van der Waals surface area contributed by atoms with E-state index in [1.165, 1.54) is 12.1 Å². The second kappa shape index (κ2) is 7.81. The van der Waals surface area contributed by atoms with Gasteiger partial charge in [-0.25, -0.2) is 4.79 Å². The van der Waals surface area contributed by atoms with Gasteiger partial charge in [0.1, 0.15) is 12.1 Å². The predicted molar refractivity (Wildman–Crippen MR) is 105 cm³/mol. The maximum Gasteiger partial charge on any atom is 0.416 e. The summed E-state index contributed by atoms with van der Waals surface area (Å²) in [5, 5.41) is 2.74. The Balaban J connectivity index is 1.27. The van der Waals surface area contributed by atoms with E-state index in [4.69, 9.17) is 0 Å². The Morgan fingerprint density at radius 2 is 1.71 bits per heavy atom. The normalized spacial score (nSPS) is 25.2. The van der Waals surface area contributed by atoms with Crippen LogP contribution in [0.5, 0.6) is 0 Å². The first kappa shape index (κ1) is 21.6. The van der Waals surface area contributed by atoms with E-state index < -0.39 is 23.3 Å². The average Bonchev–Trinajstić information content (AvgIpc) is 3.54. The number of rotatable bonds is 5. The molecular formula is C21H25F3N4O3. The monoisotopic (exact) mass is 438 g/mol. The number of nitrogens with zero attached hydrogens (tertiary/aromatic N) is 3. The lowest BCUT2D eigenvalue weighted by atomic mass is 9.96. The molecule has 0 bridgehead atoms. The Kier molecular flexibility index (Phi) is 5.45. The summed E-state index contributed by atoms with van der Waals surface area (Å²) < 4.78 is 38.0. The molecule has 2 heterocycles. The molecular weight excluding hydrogens is 413 g/mol. The summed E-state index contributed by atoms with van der Waals surface area (Å²) in [6, 6.07) is 4.56. The van der Waals surface area contributed by atoms with Crippen molar-refractivity contribution >= 4 is 17.8 Å². The molecule has 1 aromatic carbocycles. The molecule has 31 heavy (non-hydrogen) atoms. The minimum absolute atomic E-state index is 0.137. The molecule has 1 unspecified atom stereocenters. The highest BCUT2D eigenvalue weighted by Crippen LogP contribution is 2.42. The smallest absolute Gasteiger partial charge is 0.339 e. The highest BCUT2D eigenvalue weighted by Gasteiger charge is 2.56. The molecule has 1 saturated carbocycles. The van der Waals surface area contributed by atoms with E-state index in [0.29, 0.717) is 32.7 Å². The Hall–Kier alpha value is -2.62. The minimum atomic E-state index is -4.35. The molecule has 1 aliphatic carbocycles. The van der Waals surface area contributed by atoms with Crippen LogP contribution in [0.4, 0.5) is 18.0 Å². The minimum Gasteiger partial charge on any atom is -0.339 e. The van der Waals surface area contributed by atoms with Crippen LogP contribution in [-0.2, 0) is 22.3 Å². The number of urea groups is 1. The molecule has 2 aliphatic heterocycles. The Labute approximate surface area is 178 Å². The van der Waals surface area contributed by atoms with Crippen LogP contribution in [0.2, 0.25) is 0 Å². The standard InChI is InChI=1S/C21H25F3N4O3/c1-20(15-6-7-15)18(30)28(19(31)25-20)13-17(29)27-10-8-26(9-11-27)12-14-2-4-16(5-3-14)21(22,23)24/h2-5,15H,6-13H2,1H3,(H,25,31). The number of halogens is 3. The lowest BCUT2D eigenvalue weighted by Crippen LogP contribution is -2.52. The van der Waals surface area contributed by atoms with Crippen molar-refractivity contribution in [1.29, 1.82) is 0 Å². The fraction of sp³-hybridized carbons (Fsp3) is 0.571. The van der Waals surface area contributed by atoms with Crippen molar-refractivity contribution in [2.24, 2.45) is 5.92 Å². The third kappa shape index (κ3) is 4.39. The van der Waals surface area contributed by atoms with Gasteiger partial charge >= 0.3 is 12.2 Å². The van der Waals surface area contributed by atoms with E-state index in [9.17, 15) is 27.6 Å². The van der Waals surface area contributed by atoms with Gasteiger partial charge in [-0.3, -0.25) is 19.4 Å². The summed E-state index contributed by atoms with van der Waals surface area (Å²) in [5.74, 6) is -0.482. The van der Waals surface area contributed by atoms with Gasteiger partial charge in [-0.05, 0) is 43.4 Å². The number of alkyl halides is 3. The molecule has 2 saturated heterocycles. The predicted octanol–water partition coefficient (Wildman–Crippen LogP) is 2.07. The Morgan fingerprint density at radius 3 is 2.26 bits per heavy atom. The summed E-state index contributed by atoms with van der Waals surface area (Å²) in [4.78, 5) is 42.3. The third-order valence-corrected chi connectivity index (χ3v) is 6.40. The van der Waals surface area contributed by atoms with Crippen molar-refractivity contribution in [2.75, 3.05) is 32.7 Å². The number of carbonyl (C=O) groups is 3. The van der Waals surface area contributed by atoms with Crippen LogP contribution in [-0.4, -0.2) is 70.8 Å². The highest BCUT2D eigenvalue weighted by molar-refractivity contribution is 6.09. The molecule has 4 amide bonds. The van der Waals surface area contributed by atoms with Crippen LogP contribution >= 0.6 is 0 Å². The summed E-state index contributed by atoms with van der Waals surface area (Å²) >= 11 is 0. The Bertz CT molecular complexity index is 877. The lowest BCUT2D eigenvalue weighted by Gasteiger charge is -2.35. The fourth-order valence-corrected chi connectivity index (χ4v) is 4.24. The molecule has 7 nitrogen and oxygen atoms in total. The quantitative estimate of drug-likeness (QED) is 0.715. The van der Waals surface area contributed by atoms with Crippen LogP contribution in [0.3, 0.4) is 0 Å². The lowest BCUT2D eigenvalue weighted by molar-refractivity contribution is -0.140. The van der Waals surface area contributed by atoms with E-state index in [1.807, 2.05) is 0 Å². The summed E-state index contributed by atoms with van der Waals surface area (Å²) in [6.45, 7) is 3.93. The number of piperazine rings is 1. The fourth-order valence-electron chi connectivity index (χ4n) is 4.24. The van der Waals surface area contributed by atoms with Crippen molar-refractivity contribution in [3.8, 4) is 0 Å². The first-order valence-electron chi connectivity index (χ1n) is 10.4. The van der Waals surface area contributed by atoms with Gasteiger partial charge < -0.3 is 10.2 Å². The van der Waals surface area contributed by atoms with Crippen molar-refractivity contribution in [2.45, 2.75) is 38.0 Å². The number of nitrogens with one attached hydrogen (secondary N) is 1. The number of benzene rings is 1. The molecule has 4 rings (SSSR count). The van der Waals surface area contributed by atoms with Crippen molar-refractivity contribution < 1.29 is 27.6 Å². The SMILES string of the molecule is CC1(C2CC2)NC(=O)N(CC(=O)N2CCN(Cc3ccc(C(F)(F)F)cc3)CC2)C1=O. The van der Waals surface area contributed by atoms with E-state index in [2.05, 4.69) is 10.2 Å². The maximum absolute atomic E-state index is 12.7. The van der Waals surface area contributed by atoms with Gasteiger partial charge in [0, 0.05) is 32.7 Å². The first-order chi connectivity index (χ1) is 14.6. The second-order valence-electron chi connectivity index (χ2n) is 8.65. The number of hydrogen-bond donors (Lipinski definition) is 1. The summed E-state index contributed by atoms with van der Waals surface area (Å²) in [5.41, 5.74) is -0.811. The van der Waals surface area contributed by atoms with Crippen LogP contribution < -0.4 is 5.32 Å². The average molecular weight is 438 g/mol. The van der Waals surface area contributed by atoms with Crippen LogP contribution in [0, 0.1) is 5.92 Å². The van der Waals surface area contributed by atoms with Crippen LogP contribution in [0.15, 0.2) is 24.3 Å². The van der Waals surface area contributed by atoms with Crippen LogP contribution in [0.1, 0.15) is 30.9 Å². The molecule has 168 valence electrons. The highest BCUT2D eigenvalue weighted by atomic mass is 19.4. The molecule has 1 atom stereocenters. The van der Waals surface area contributed by atoms with Gasteiger partial charge in [0.25, 0.3) is 5.91 Å². The van der Waals surface area contributed by atoms with Crippen molar-refractivity contribution in [3.63, 3.8) is 0 Å². The van der Waals surface area contributed by atoms with Crippen molar-refractivity contribution in [1.82, 2.24) is 20.0 Å². The zero-order valence-corrected chi connectivity index (χ0v) is 17.2. The second-order valence-corrected chi connectivity index (χ2v) is 8.65. The summed E-state index contributed by atoms with van der Waals surface area (Å²) in [6.07, 6.45) is -2.56. The topological polar surface area (TPSA) is 73.0 Å². The first-order valence-corrected chi connectivity index (χ1v) is 10.4. The molecule has 3 fully saturated rings. The van der Waals surface area contributed by atoms with E-state index in [1.54, 1.807) is 11.8 Å². The molecule has 0 aromatic heterocycles. The largest absolute Gasteiger partial charge is 0.416 e. The number of hydrogen-bond acceptors (Lipinski definition) is 4. The van der Waals surface area contributed by atoms with Gasteiger partial charge in [-0.15, -0.1) is 0 Å². The number of carbonyl (C=O) groups excluding carboxylic acids is 3. The summed E-state index contributed by atoms with van der Waals surface area (Å²) in [7, 11) is 0. The zero-order valence-electron chi connectivity index (χ0n) is 17.2. The van der Waals surface area contributed by atoms with Crippen LogP contribution in [0.25, 0.3) is 0 Å². The molecule has 0 spiro atoms. The van der Waals surface area contributed by atoms with Gasteiger partial charge in [0.15, 0.2) is 0 Å². The Morgan fingerprint density at radius 1 is 1.10 bits per heavy atom. The maximum atomic E-state index is 12.7. The van der Waals surface area contributed by atoms with E-state index in [-0.39, 0.29) is 24.3 Å². The molecule has 0 radical (unpaired) electrons. The number of amides is 4. The van der Waals surface area contributed by atoms with Gasteiger partial charge in [-0.1, -0.05) is 12.1 Å². The molecule has 3 aliphatic rings. The van der Waals surface area contributed by atoms with Gasteiger partial charge in [0.2, 0.25) is 5.91 Å². The molecule has 10 heteroatoms. The van der Waals surface area contributed by atoms with Gasteiger partial charge in [-0.2, -0.15) is 13.2 Å². The molecule has 1 N–H and O–H groups in total. The van der Waals surface area contributed by atoms with Crippen molar-refractivity contribution in [3.05, 3.63) is 35.4 Å².